The Balaban J connectivity index is 1.62. The maximum atomic E-state index is 12.3. The van der Waals surface area contributed by atoms with Gasteiger partial charge in [0.25, 0.3) is 11.8 Å². The lowest BCUT2D eigenvalue weighted by molar-refractivity contribution is -0.114. The summed E-state index contributed by atoms with van der Waals surface area (Å²) in [5.41, 5.74) is 3.45. The minimum Gasteiger partial charge on any atom is -0.355 e. The first kappa shape index (κ1) is 18.0. The topological polar surface area (TPSA) is 82.6 Å². The zero-order valence-electron chi connectivity index (χ0n) is 14.6. The molecule has 0 spiro atoms. The van der Waals surface area contributed by atoms with Crippen molar-refractivity contribution in [3.05, 3.63) is 59.2 Å². The van der Waals surface area contributed by atoms with E-state index in [2.05, 4.69) is 20.3 Å². The van der Waals surface area contributed by atoms with Gasteiger partial charge in [0, 0.05) is 19.2 Å². The molecule has 1 heterocycles. The summed E-state index contributed by atoms with van der Waals surface area (Å²) in [7, 11) is 1.60. The van der Waals surface area contributed by atoms with E-state index >= 15 is 0 Å². The minimum absolute atomic E-state index is 0.131. The van der Waals surface area contributed by atoms with Crippen molar-refractivity contribution in [2.45, 2.75) is 18.2 Å². The van der Waals surface area contributed by atoms with Crippen LogP contribution in [-0.4, -0.2) is 31.2 Å². The van der Waals surface area contributed by atoms with Crippen molar-refractivity contribution in [2.24, 2.45) is 4.99 Å². The van der Waals surface area contributed by atoms with Gasteiger partial charge in [-0.3, -0.25) is 9.59 Å². The minimum atomic E-state index is -0.263. The summed E-state index contributed by atoms with van der Waals surface area (Å²) >= 11 is 1.38. The van der Waals surface area contributed by atoms with Crippen molar-refractivity contribution in [1.82, 2.24) is 15.4 Å². The van der Waals surface area contributed by atoms with Gasteiger partial charge in [-0.1, -0.05) is 24.3 Å². The number of carbonyl (C=O) groups excluding carboxylic acids is 2. The van der Waals surface area contributed by atoms with Crippen LogP contribution in [0.4, 0.5) is 5.69 Å². The predicted octanol–water partition coefficient (Wildman–Crippen LogP) is 2.35. The van der Waals surface area contributed by atoms with Gasteiger partial charge in [0.05, 0.1) is 10.6 Å². The largest absolute Gasteiger partial charge is 0.355 e. The standard InChI is InChI=1S/C19H20N4O2S/c1-12-7-8-15-16(11-12)26-23-17(22-15)19(25)21-10-9-13-5-3-4-6-14(13)18(24)20-2/h3-8,11H,9-10H2,1-2H3,(H,20,24)(H,21,25)(H,22,23). The van der Waals surface area contributed by atoms with E-state index in [1.807, 2.05) is 43.3 Å². The normalized spacial score (nSPS) is 12.5. The highest BCUT2D eigenvalue weighted by atomic mass is 32.2. The molecule has 0 bridgehead atoms. The Hall–Kier alpha value is -2.80. The molecule has 6 nitrogen and oxygen atoms in total. The third-order valence-electron chi connectivity index (χ3n) is 3.99. The van der Waals surface area contributed by atoms with Gasteiger partial charge < -0.3 is 15.4 Å². The Morgan fingerprint density at radius 3 is 2.77 bits per heavy atom. The second-order valence-corrected chi connectivity index (χ2v) is 6.73. The molecule has 26 heavy (non-hydrogen) atoms. The van der Waals surface area contributed by atoms with Crippen LogP contribution in [0.2, 0.25) is 0 Å². The van der Waals surface area contributed by atoms with E-state index in [1.54, 1.807) is 13.1 Å². The van der Waals surface area contributed by atoms with Gasteiger partial charge in [0.2, 0.25) is 5.84 Å². The van der Waals surface area contributed by atoms with E-state index < -0.39 is 0 Å². The smallest absolute Gasteiger partial charge is 0.287 e. The van der Waals surface area contributed by atoms with Crippen molar-refractivity contribution in [3.8, 4) is 0 Å². The van der Waals surface area contributed by atoms with Crippen LogP contribution in [0.5, 0.6) is 0 Å². The SMILES string of the molecule is CNC(=O)c1ccccc1CCNC(=O)C1=Nc2ccc(C)cc2SN1. The molecule has 0 fully saturated rings. The van der Waals surface area contributed by atoms with Crippen LogP contribution in [0.15, 0.2) is 52.4 Å². The van der Waals surface area contributed by atoms with Crippen LogP contribution in [0.25, 0.3) is 0 Å². The highest BCUT2D eigenvalue weighted by Gasteiger charge is 2.18. The molecule has 1 aliphatic heterocycles. The van der Waals surface area contributed by atoms with E-state index in [0.29, 0.717) is 18.5 Å². The van der Waals surface area contributed by atoms with Crippen molar-refractivity contribution in [1.29, 1.82) is 0 Å². The molecule has 1 aliphatic rings. The molecule has 7 heteroatoms. The van der Waals surface area contributed by atoms with Gasteiger partial charge in [0.15, 0.2) is 0 Å². The molecule has 3 N–H and O–H groups in total. The molecule has 0 atom stereocenters. The number of amidine groups is 1. The Morgan fingerprint density at radius 2 is 1.96 bits per heavy atom. The molecular weight excluding hydrogens is 348 g/mol. The fraction of sp³-hybridized carbons (Fsp3) is 0.211. The molecule has 2 aromatic rings. The highest BCUT2D eigenvalue weighted by Crippen LogP contribution is 2.31. The third-order valence-corrected chi connectivity index (χ3v) is 4.83. The van der Waals surface area contributed by atoms with Crippen LogP contribution in [0.1, 0.15) is 21.5 Å². The predicted molar refractivity (Wildman–Crippen MR) is 104 cm³/mol. The third kappa shape index (κ3) is 4.05. The molecule has 0 radical (unpaired) electrons. The number of nitrogens with one attached hydrogen (secondary N) is 3. The van der Waals surface area contributed by atoms with Crippen LogP contribution >= 0.6 is 11.9 Å². The van der Waals surface area contributed by atoms with Gasteiger partial charge in [-0.2, -0.15) is 0 Å². The summed E-state index contributed by atoms with van der Waals surface area (Å²) in [5.74, 6) is -0.111. The number of amides is 2. The summed E-state index contributed by atoms with van der Waals surface area (Å²) in [4.78, 5) is 29.6. The lowest BCUT2D eigenvalue weighted by Gasteiger charge is -2.16. The second-order valence-electron chi connectivity index (χ2n) is 5.88. The van der Waals surface area contributed by atoms with Gasteiger partial charge >= 0.3 is 0 Å². The van der Waals surface area contributed by atoms with E-state index in [-0.39, 0.29) is 17.6 Å². The highest BCUT2D eigenvalue weighted by molar-refractivity contribution is 7.98. The Morgan fingerprint density at radius 1 is 1.15 bits per heavy atom. The summed E-state index contributed by atoms with van der Waals surface area (Å²) in [6.45, 7) is 2.43. The van der Waals surface area contributed by atoms with E-state index in [1.165, 1.54) is 11.9 Å². The maximum Gasteiger partial charge on any atom is 0.287 e. The lowest BCUT2D eigenvalue weighted by atomic mass is 10.0. The first-order valence-corrected chi connectivity index (χ1v) is 9.10. The quantitative estimate of drug-likeness (QED) is 0.708. The number of fused-ring (bicyclic) bond motifs is 1. The zero-order valence-corrected chi connectivity index (χ0v) is 15.4. The van der Waals surface area contributed by atoms with E-state index in [0.717, 1.165) is 21.7 Å². The van der Waals surface area contributed by atoms with E-state index in [9.17, 15) is 9.59 Å². The Labute approximate surface area is 156 Å². The van der Waals surface area contributed by atoms with Crippen LogP contribution in [-0.2, 0) is 11.2 Å². The Kier molecular flexibility index (Phi) is 5.58. The van der Waals surface area contributed by atoms with Crippen LogP contribution < -0.4 is 15.4 Å². The van der Waals surface area contributed by atoms with Crippen molar-refractivity contribution < 1.29 is 9.59 Å². The number of aliphatic imine (C=N–C) groups is 1. The Bertz CT molecular complexity index is 880. The molecule has 0 saturated carbocycles. The number of aryl methyl sites for hydroxylation is 1. The first-order valence-electron chi connectivity index (χ1n) is 8.29. The summed E-state index contributed by atoms with van der Waals surface area (Å²) in [5, 5.41) is 5.48. The molecule has 0 saturated heterocycles. The number of nitrogens with zero attached hydrogens (tertiary/aromatic N) is 1. The van der Waals surface area contributed by atoms with E-state index in [4.69, 9.17) is 0 Å². The maximum absolute atomic E-state index is 12.3. The number of hydrogen-bond acceptors (Lipinski definition) is 5. The van der Waals surface area contributed by atoms with Gasteiger partial charge in [-0.15, -0.1) is 0 Å². The summed E-state index contributed by atoms with van der Waals surface area (Å²) in [6, 6.07) is 13.3. The van der Waals surface area contributed by atoms with Gasteiger partial charge in [-0.25, -0.2) is 4.99 Å². The average molecular weight is 368 g/mol. The molecule has 0 aromatic heterocycles. The molecule has 0 unspecified atom stereocenters. The van der Waals surface area contributed by atoms with Crippen LogP contribution in [0.3, 0.4) is 0 Å². The number of rotatable bonds is 5. The molecule has 3 rings (SSSR count). The van der Waals surface area contributed by atoms with Crippen molar-refractivity contribution in [2.75, 3.05) is 13.6 Å². The van der Waals surface area contributed by atoms with Gasteiger partial charge in [-0.05, 0) is 54.6 Å². The molecule has 134 valence electrons. The molecule has 2 aromatic carbocycles. The molecule has 2 amide bonds. The number of benzene rings is 2. The van der Waals surface area contributed by atoms with Crippen molar-refractivity contribution >= 4 is 35.3 Å². The fourth-order valence-electron chi connectivity index (χ4n) is 2.63. The second kappa shape index (κ2) is 8.05. The summed E-state index contributed by atoms with van der Waals surface area (Å²) in [6.07, 6.45) is 0.561. The summed E-state index contributed by atoms with van der Waals surface area (Å²) < 4.78 is 2.98. The fourth-order valence-corrected chi connectivity index (χ4v) is 3.44. The average Bonchev–Trinajstić information content (AvgIpc) is 2.67. The molecular formula is C19H20N4O2S. The van der Waals surface area contributed by atoms with Crippen molar-refractivity contribution in [3.63, 3.8) is 0 Å². The molecule has 0 aliphatic carbocycles. The number of hydrogen-bond donors (Lipinski definition) is 3. The first-order chi connectivity index (χ1) is 12.6. The lowest BCUT2D eigenvalue weighted by Crippen LogP contribution is -2.39. The monoisotopic (exact) mass is 368 g/mol. The zero-order chi connectivity index (χ0) is 18.5. The van der Waals surface area contributed by atoms with Crippen LogP contribution in [0, 0.1) is 6.92 Å². The van der Waals surface area contributed by atoms with Gasteiger partial charge in [0.1, 0.15) is 0 Å². The number of carbonyl (C=O) groups is 2.